The fourth-order valence-corrected chi connectivity index (χ4v) is 3.39. The number of hydrogen-bond acceptors (Lipinski definition) is 5. The van der Waals surface area contributed by atoms with Crippen LogP contribution in [-0.4, -0.2) is 48.9 Å². The van der Waals surface area contributed by atoms with Gasteiger partial charge in [-0.1, -0.05) is 18.2 Å². The molecule has 0 saturated carbocycles. The first-order chi connectivity index (χ1) is 11.2. The van der Waals surface area contributed by atoms with Gasteiger partial charge in [-0.2, -0.15) is 0 Å². The van der Waals surface area contributed by atoms with Gasteiger partial charge in [0.1, 0.15) is 0 Å². The van der Waals surface area contributed by atoms with Crippen LogP contribution in [0.25, 0.3) is 6.08 Å². The number of benzene rings is 1. The van der Waals surface area contributed by atoms with Crippen molar-refractivity contribution < 1.29 is 14.3 Å². The lowest BCUT2D eigenvalue weighted by Gasteiger charge is -2.28. The molecule has 120 valence electrons. The standard InChI is InChI=1S/C17H18N2O3S/c1-2-7-19-16(20)15(23-17(19)21)12-13-3-5-14(6-4-13)18-8-10-22-11-9-18/h2-6,12H,1,7-11H2/b15-12+. The highest BCUT2D eigenvalue weighted by Gasteiger charge is 2.33. The molecule has 5 nitrogen and oxygen atoms in total. The number of nitrogens with zero attached hydrogens (tertiary/aromatic N) is 2. The third-order valence-corrected chi connectivity index (χ3v) is 4.66. The molecule has 0 radical (unpaired) electrons. The van der Waals surface area contributed by atoms with Crippen molar-refractivity contribution in [3.8, 4) is 0 Å². The molecule has 2 heterocycles. The summed E-state index contributed by atoms with van der Waals surface area (Å²) in [6.07, 6.45) is 3.31. The Bertz CT molecular complexity index is 648. The highest BCUT2D eigenvalue weighted by Crippen LogP contribution is 2.32. The highest BCUT2D eigenvalue weighted by atomic mass is 32.2. The van der Waals surface area contributed by atoms with Crippen LogP contribution in [-0.2, 0) is 9.53 Å². The second kappa shape index (κ2) is 7.02. The molecule has 0 unspecified atom stereocenters. The summed E-state index contributed by atoms with van der Waals surface area (Å²) in [5.41, 5.74) is 2.05. The summed E-state index contributed by atoms with van der Waals surface area (Å²) in [6.45, 7) is 7.09. The highest BCUT2D eigenvalue weighted by molar-refractivity contribution is 8.18. The summed E-state index contributed by atoms with van der Waals surface area (Å²) in [5.74, 6) is -0.253. The molecule has 1 aromatic carbocycles. The molecule has 6 heteroatoms. The molecule has 0 spiro atoms. The molecule has 3 rings (SSSR count). The summed E-state index contributed by atoms with van der Waals surface area (Å²) in [7, 11) is 0. The molecule has 2 fully saturated rings. The van der Waals surface area contributed by atoms with Crippen molar-refractivity contribution in [1.29, 1.82) is 0 Å². The Hall–Kier alpha value is -2.05. The van der Waals surface area contributed by atoms with Crippen LogP contribution in [0.5, 0.6) is 0 Å². The van der Waals surface area contributed by atoms with E-state index in [0.717, 1.165) is 49.3 Å². The molecular formula is C17H18N2O3S. The topological polar surface area (TPSA) is 49.9 Å². The number of rotatable bonds is 4. The van der Waals surface area contributed by atoms with Crippen LogP contribution in [0.3, 0.4) is 0 Å². The molecule has 0 atom stereocenters. The second-order valence-electron chi connectivity index (χ2n) is 5.27. The van der Waals surface area contributed by atoms with E-state index in [9.17, 15) is 9.59 Å². The van der Waals surface area contributed by atoms with E-state index in [4.69, 9.17) is 4.74 Å². The minimum atomic E-state index is -0.253. The Morgan fingerprint density at radius 1 is 1.17 bits per heavy atom. The van der Waals surface area contributed by atoms with Gasteiger partial charge >= 0.3 is 0 Å². The van der Waals surface area contributed by atoms with Crippen LogP contribution in [0.15, 0.2) is 41.8 Å². The van der Waals surface area contributed by atoms with Crippen molar-refractivity contribution in [1.82, 2.24) is 4.90 Å². The van der Waals surface area contributed by atoms with Crippen LogP contribution >= 0.6 is 11.8 Å². The van der Waals surface area contributed by atoms with Gasteiger partial charge in [0, 0.05) is 25.3 Å². The van der Waals surface area contributed by atoms with Crippen LogP contribution in [0.4, 0.5) is 10.5 Å². The fraction of sp³-hybridized carbons (Fsp3) is 0.294. The fourth-order valence-electron chi connectivity index (χ4n) is 2.54. The summed E-state index contributed by atoms with van der Waals surface area (Å²) < 4.78 is 5.35. The summed E-state index contributed by atoms with van der Waals surface area (Å²) in [5, 5.41) is -0.244. The van der Waals surface area contributed by atoms with Gasteiger partial charge in [-0.05, 0) is 35.5 Å². The normalized spacial score (nSPS) is 20.4. The number of hydrogen-bond donors (Lipinski definition) is 0. The van der Waals surface area contributed by atoms with E-state index in [1.807, 2.05) is 24.3 Å². The number of ether oxygens (including phenoxy) is 1. The van der Waals surface area contributed by atoms with Gasteiger partial charge in [0.25, 0.3) is 11.1 Å². The lowest BCUT2D eigenvalue weighted by Crippen LogP contribution is -2.36. The van der Waals surface area contributed by atoms with Crippen LogP contribution in [0.1, 0.15) is 5.56 Å². The van der Waals surface area contributed by atoms with E-state index in [0.29, 0.717) is 4.91 Å². The maximum absolute atomic E-state index is 12.2. The van der Waals surface area contributed by atoms with Gasteiger partial charge in [-0.3, -0.25) is 14.5 Å². The first kappa shape index (κ1) is 15.8. The van der Waals surface area contributed by atoms with Crippen molar-refractivity contribution in [3.63, 3.8) is 0 Å². The van der Waals surface area contributed by atoms with Gasteiger partial charge < -0.3 is 9.64 Å². The Labute approximate surface area is 139 Å². The van der Waals surface area contributed by atoms with Gasteiger partial charge in [-0.25, -0.2) is 0 Å². The lowest BCUT2D eigenvalue weighted by molar-refractivity contribution is -0.122. The Morgan fingerprint density at radius 2 is 1.87 bits per heavy atom. The summed E-state index contributed by atoms with van der Waals surface area (Å²) >= 11 is 0.973. The van der Waals surface area contributed by atoms with Crippen molar-refractivity contribution >= 4 is 34.7 Å². The van der Waals surface area contributed by atoms with E-state index in [1.54, 1.807) is 12.2 Å². The van der Waals surface area contributed by atoms with Gasteiger partial charge in [0.15, 0.2) is 0 Å². The van der Waals surface area contributed by atoms with Gasteiger partial charge in [-0.15, -0.1) is 6.58 Å². The summed E-state index contributed by atoms with van der Waals surface area (Å²) in [4.78, 5) is 27.9. The molecule has 0 aliphatic carbocycles. The van der Waals surface area contributed by atoms with Gasteiger partial charge in [0.05, 0.1) is 18.1 Å². The van der Waals surface area contributed by atoms with Crippen LogP contribution in [0.2, 0.25) is 0 Å². The minimum Gasteiger partial charge on any atom is -0.378 e. The lowest BCUT2D eigenvalue weighted by atomic mass is 10.1. The second-order valence-corrected chi connectivity index (χ2v) is 6.27. The Balaban J connectivity index is 1.73. The predicted molar refractivity (Wildman–Crippen MR) is 92.3 cm³/mol. The number of amides is 2. The van der Waals surface area contributed by atoms with Crippen LogP contribution < -0.4 is 4.90 Å². The molecule has 2 saturated heterocycles. The molecule has 2 aliphatic rings. The molecule has 2 aliphatic heterocycles. The molecule has 0 aromatic heterocycles. The largest absolute Gasteiger partial charge is 0.378 e. The molecule has 1 aromatic rings. The number of carbonyl (C=O) groups is 2. The van der Waals surface area contributed by atoms with Gasteiger partial charge in [0.2, 0.25) is 0 Å². The molecular weight excluding hydrogens is 312 g/mol. The number of carbonyl (C=O) groups excluding carboxylic acids is 2. The Kier molecular flexibility index (Phi) is 4.83. The molecule has 0 N–H and O–H groups in total. The average Bonchev–Trinajstić information content (AvgIpc) is 2.84. The monoisotopic (exact) mass is 330 g/mol. The quantitative estimate of drug-likeness (QED) is 0.627. The smallest absolute Gasteiger partial charge is 0.293 e. The predicted octanol–water partition coefficient (Wildman–Crippen LogP) is 2.75. The first-order valence-electron chi connectivity index (χ1n) is 7.48. The maximum atomic E-state index is 12.2. The van der Waals surface area contributed by atoms with E-state index in [2.05, 4.69) is 11.5 Å². The third kappa shape index (κ3) is 3.48. The van der Waals surface area contributed by atoms with Crippen molar-refractivity contribution in [3.05, 3.63) is 47.4 Å². The summed E-state index contributed by atoms with van der Waals surface area (Å²) in [6, 6.07) is 7.99. The number of imide groups is 1. The Morgan fingerprint density at radius 3 is 2.52 bits per heavy atom. The number of anilines is 1. The molecule has 23 heavy (non-hydrogen) atoms. The van der Waals surface area contributed by atoms with Crippen molar-refractivity contribution in [2.45, 2.75) is 0 Å². The molecule has 2 amide bonds. The maximum Gasteiger partial charge on any atom is 0.293 e. The van der Waals surface area contributed by atoms with Crippen molar-refractivity contribution in [2.24, 2.45) is 0 Å². The van der Waals surface area contributed by atoms with Crippen molar-refractivity contribution in [2.75, 3.05) is 37.7 Å². The SMILES string of the molecule is C=CCN1C(=O)S/C(=C/c2ccc(N3CCOCC3)cc2)C1=O. The van der Waals surface area contributed by atoms with E-state index in [1.165, 1.54) is 4.90 Å². The average molecular weight is 330 g/mol. The van der Waals surface area contributed by atoms with E-state index < -0.39 is 0 Å². The zero-order valence-corrected chi connectivity index (χ0v) is 13.6. The third-order valence-electron chi connectivity index (χ3n) is 3.75. The number of morpholine rings is 1. The first-order valence-corrected chi connectivity index (χ1v) is 8.30. The van der Waals surface area contributed by atoms with Crippen LogP contribution in [0, 0.1) is 0 Å². The number of thioether (sulfide) groups is 1. The zero-order chi connectivity index (χ0) is 16.2. The van der Waals surface area contributed by atoms with E-state index in [-0.39, 0.29) is 17.7 Å². The molecule has 0 bridgehead atoms. The van der Waals surface area contributed by atoms with E-state index >= 15 is 0 Å². The minimum absolute atomic E-state index is 0.244. The zero-order valence-electron chi connectivity index (χ0n) is 12.7.